The highest BCUT2D eigenvalue weighted by Gasteiger charge is 2.37. The first-order valence-corrected chi connectivity index (χ1v) is 11.6. The second-order valence-electron chi connectivity index (χ2n) is 8.32. The van der Waals surface area contributed by atoms with Gasteiger partial charge in [0.1, 0.15) is 5.57 Å². The molecule has 4 amide bonds. The van der Waals surface area contributed by atoms with E-state index in [4.69, 9.17) is 0 Å². The van der Waals surface area contributed by atoms with E-state index in [-0.39, 0.29) is 5.57 Å². The van der Waals surface area contributed by atoms with E-state index in [1.807, 2.05) is 45.9 Å². The highest BCUT2D eigenvalue weighted by Crippen LogP contribution is 2.27. The van der Waals surface area contributed by atoms with E-state index >= 15 is 0 Å². The summed E-state index contributed by atoms with van der Waals surface area (Å²) < 4.78 is 3.27. The molecule has 1 fully saturated rings. The van der Waals surface area contributed by atoms with Crippen LogP contribution < -0.4 is 10.2 Å². The fourth-order valence-corrected chi connectivity index (χ4v) is 4.35. The van der Waals surface area contributed by atoms with Gasteiger partial charge < -0.3 is 4.57 Å². The first-order chi connectivity index (χ1) is 15.6. The van der Waals surface area contributed by atoms with Gasteiger partial charge in [-0.1, -0.05) is 6.07 Å². The first kappa shape index (κ1) is 23.0. The average molecular weight is 553 g/mol. The van der Waals surface area contributed by atoms with Crippen LogP contribution in [-0.4, -0.2) is 22.4 Å². The van der Waals surface area contributed by atoms with Crippen molar-refractivity contribution < 1.29 is 14.4 Å². The van der Waals surface area contributed by atoms with Gasteiger partial charge in [0.05, 0.1) is 5.69 Å². The largest absolute Gasteiger partial charge is 0.335 e. The topological polar surface area (TPSA) is 71.4 Å². The van der Waals surface area contributed by atoms with Gasteiger partial charge >= 0.3 is 6.03 Å². The quantitative estimate of drug-likeness (QED) is 0.272. The highest BCUT2D eigenvalue weighted by atomic mass is 127. The summed E-state index contributed by atoms with van der Waals surface area (Å²) in [6.45, 7) is 9.86. The van der Waals surface area contributed by atoms with Crippen LogP contribution in [0.5, 0.6) is 0 Å². The van der Waals surface area contributed by atoms with Crippen LogP contribution in [0.1, 0.15) is 33.6 Å². The molecule has 3 aromatic rings. The van der Waals surface area contributed by atoms with E-state index in [0.29, 0.717) is 5.69 Å². The molecule has 6 nitrogen and oxygen atoms in total. The van der Waals surface area contributed by atoms with Crippen molar-refractivity contribution in [1.29, 1.82) is 0 Å². The zero-order chi connectivity index (χ0) is 24.0. The molecule has 1 aliphatic rings. The number of carbonyl (C=O) groups is 3. The van der Waals surface area contributed by atoms with Crippen molar-refractivity contribution in [3.8, 4) is 5.69 Å². The minimum atomic E-state index is -0.745. The van der Waals surface area contributed by atoms with E-state index in [1.165, 1.54) is 9.13 Å². The lowest BCUT2D eigenvalue weighted by molar-refractivity contribution is -0.122. The van der Waals surface area contributed by atoms with Crippen molar-refractivity contribution in [3.63, 3.8) is 0 Å². The number of nitrogens with zero attached hydrogens (tertiary/aromatic N) is 2. The molecule has 0 radical (unpaired) electrons. The maximum absolute atomic E-state index is 13.3. The number of anilines is 1. The number of rotatable bonds is 3. The Morgan fingerprint density at radius 1 is 0.818 bits per heavy atom. The normalized spacial score (nSPS) is 15.4. The van der Waals surface area contributed by atoms with Crippen LogP contribution in [0.2, 0.25) is 0 Å². The number of carbonyl (C=O) groups excluding carboxylic acids is 3. The SMILES string of the molecule is Cc1ccc(N2C(=O)NC(=O)/C(=C\c3cc(C)n(-c4ccc(I)c(C)c4)c3C)C2=O)cc1C. The van der Waals surface area contributed by atoms with Crippen molar-refractivity contribution >= 4 is 52.2 Å². The summed E-state index contributed by atoms with van der Waals surface area (Å²) in [5, 5.41) is 2.30. The standard InChI is InChI=1S/C26H24IN3O3/c1-14-6-7-21(10-15(14)2)30-25(32)22(24(31)28-26(30)33)13-19-12-17(4)29(18(19)5)20-8-9-23(27)16(3)11-20/h6-13H,1-5H3,(H,28,31,33)/b22-13+. The number of halogens is 1. The van der Waals surface area contributed by atoms with Crippen molar-refractivity contribution in [2.24, 2.45) is 0 Å². The number of nitrogens with one attached hydrogen (secondary N) is 1. The van der Waals surface area contributed by atoms with Crippen molar-refractivity contribution in [2.75, 3.05) is 4.90 Å². The number of hydrogen-bond acceptors (Lipinski definition) is 3. The van der Waals surface area contributed by atoms with Crippen LogP contribution >= 0.6 is 22.6 Å². The second-order valence-corrected chi connectivity index (χ2v) is 9.48. The van der Waals surface area contributed by atoms with Crippen LogP contribution in [0.3, 0.4) is 0 Å². The third kappa shape index (κ3) is 4.13. The Hall–Kier alpha value is -3.20. The number of urea groups is 1. The molecule has 0 aliphatic carbocycles. The molecule has 1 N–H and O–H groups in total. The fourth-order valence-electron chi connectivity index (χ4n) is 4.01. The molecule has 1 aromatic heterocycles. The minimum Gasteiger partial charge on any atom is -0.318 e. The Bertz CT molecular complexity index is 1370. The Morgan fingerprint density at radius 2 is 1.48 bits per heavy atom. The number of aromatic nitrogens is 1. The number of aryl methyl sites for hydroxylation is 4. The molecule has 2 aromatic carbocycles. The smallest absolute Gasteiger partial charge is 0.318 e. The molecule has 1 aliphatic heterocycles. The molecule has 0 atom stereocenters. The lowest BCUT2D eigenvalue weighted by Crippen LogP contribution is -2.54. The molecule has 0 saturated carbocycles. The Balaban J connectivity index is 1.77. The lowest BCUT2D eigenvalue weighted by atomic mass is 10.1. The van der Waals surface area contributed by atoms with Gasteiger partial charge in [0, 0.05) is 20.6 Å². The molecule has 1 saturated heterocycles. The summed E-state index contributed by atoms with van der Waals surface area (Å²) in [6.07, 6.45) is 1.57. The van der Waals surface area contributed by atoms with Gasteiger partial charge in [0.2, 0.25) is 0 Å². The third-order valence-electron chi connectivity index (χ3n) is 6.02. The van der Waals surface area contributed by atoms with Crippen molar-refractivity contribution in [1.82, 2.24) is 9.88 Å². The summed E-state index contributed by atoms with van der Waals surface area (Å²) in [7, 11) is 0. The maximum atomic E-state index is 13.3. The van der Waals surface area contributed by atoms with E-state index in [1.54, 1.807) is 18.2 Å². The van der Waals surface area contributed by atoms with Crippen LogP contribution in [0.15, 0.2) is 48.0 Å². The Kier molecular flexibility index (Phi) is 6.00. The zero-order valence-corrected chi connectivity index (χ0v) is 21.3. The highest BCUT2D eigenvalue weighted by molar-refractivity contribution is 14.1. The Morgan fingerprint density at radius 3 is 2.15 bits per heavy atom. The van der Waals surface area contributed by atoms with Crippen LogP contribution in [0.4, 0.5) is 10.5 Å². The van der Waals surface area contributed by atoms with Gasteiger partial charge in [0.15, 0.2) is 0 Å². The first-order valence-electron chi connectivity index (χ1n) is 10.5. The molecule has 33 heavy (non-hydrogen) atoms. The third-order valence-corrected chi connectivity index (χ3v) is 7.23. The number of barbiturate groups is 1. The van der Waals surface area contributed by atoms with Crippen LogP contribution in [0.25, 0.3) is 11.8 Å². The van der Waals surface area contributed by atoms with Gasteiger partial charge in [-0.2, -0.15) is 0 Å². The van der Waals surface area contributed by atoms with E-state index < -0.39 is 17.8 Å². The molecule has 4 rings (SSSR count). The van der Waals surface area contributed by atoms with Crippen LogP contribution in [0, 0.1) is 38.2 Å². The minimum absolute atomic E-state index is 0.0770. The molecule has 0 bridgehead atoms. The predicted octanol–water partition coefficient (Wildman–Crippen LogP) is 5.29. The molecule has 0 spiro atoms. The number of imide groups is 2. The molecular weight excluding hydrogens is 529 g/mol. The molecule has 7 heteroatoms. The lowest BCUT2D eigenvalue weighted by Gasteiger charge is -2.26. The van der Waals surface area contributed by atoms with Crippen LogP contribution in [-0.2, 0) is 9.59 Å². The summed E-state index contributed by atoms with van der Waals surface area (Å²) in [6, 6.07) is 12.7. The predicted molar refractivity (Wildman–Crippen MR) is 138 cm³/mol. The summed E-state index contributed by atoms with van der Waals surface area (Å²) in [5.74, 6) is -1.33. The maximum Gasteiger partial charge on any atom is 0.335 e. The summed E-state index contributed by atoms with van der Waals surface area (Å²) in [4.78, 5) is 39.4. The van der Waals surface area contributed by atoms with E-state index in [2.05, 4.69) is 51.5 Å². The number of benzene rings is 2. The van der Waals surface area contributed by atoms with E-state index in [0.717, 1.165) is 38.7 Å². The molecule has 0 unspecified atom stereocenters. The second kappa shape index (κ2) is 8.62. The fraction of sp³-hybridized carbons (Fsp3) is 0.192. The Labute approximate surface area is 206 Å². The average Bonchev–Trinajstić information content (AvgIpc) is 3.03. The number of amides is 4. The molecule has 2 heterocycles. The molecular formula is C26H24IN3O3. The zero-order valence-electron chi connectivity index (χ0n) is 19.1. The van der Waals surface area contributed by atoms with Crippen molar-refractivity contribution in [3.05, 3.63) is 85.2 Å². The van der Waals surface area contributed by atoms with Crippen molar-refractivity contribution in [2.45, 2.75) is 34.6 Å². The molecule has 168 valence electrons. The van der Waals surface area contributed by atoms with Gasteiger partial charge in [-0.25, -0.2) is 9.69 Å². The monoisotopic (exact) mass is 553 g/mol. The number of hydrogen-bond donors (Lipinski definition) is 1. The van der Waals surface area contributed by atoms with Gasteiger partial charge in [-0.05, 0) is 122 Å². The van der Waals surface area contributed by atoms with Gasteiger partial charge in [0.25, 0.3) is 11.8 Å². The summed E-state index contributed by atoms with van der Waals surface area (Å²) in [5.41, 5.74) is 7.16. The summed E-state index contributed by atoms with van der Waals surface area (Å²) >= 11 is 2.30. The van der Waals surface area contributed by atoms with Gasteiger partial charge in [-0.3, -0.25) is 14.9 Å². The van der Waals surface area contributed by atoms with E-state index in [9.17, 15) is 14.4 Å². The van der Waals surface area contributed by atoms with Gasteiger partial charge in [-0.15, -0.1) is 0 Å².